The Labute approximate surface area is 267 Å². The molecule has 2 aromatic rings. The predicted molar refractivity (Wildman–Crippen MR) is 173 cm³/mol. The maximum Gasteiger partial charge on any atom is 0.408 e. The second-order valence-corrected chi connectivity index (χ2v) is 13.3. The van der Waals surface area contributed by atoms with Crippen LogP contribution in [0.4, 0.5) is 4.79 Å². The average molecular weight is 626 g/mol. The van der Waals surface area contributed by atoms with Gasteiger partial charge in [0.2, 0.25) is 11.8 Å². The first-order valence-corrected chi connectivity index (χ1v) is 15.6. The number of nitrogens with zero attached hydrogens (tertiary/aromatic N) is 1. The summed E-state index contributed by atoms with van der Waals surface area (Å²) < 4.78 is 11.1. The van der Waals surface area contributed by atoms with Crippen LogP contribution >= 0.6 is 0 Å². The number of esters is 1. The Morgan fingerprint density at radius 3 is 1.93 bits per heavy atom. The smallest absolute Gasteiger partial charge is 0.408 e. The minimum absolute atomic E-state index is 0.00828. The van der Waals surface area contributed by atoms with Crippen LogP contribution in [0.5, 0.6) is 5.75 Å². The van der Waals surface area contributed by atoms with Crippen molar-refractivity contribution in [2.45, 2.75) is 111 Å². The largest absolute Gasteiger partial charge is 0.508 e. The lowest BCUT2D eigenvalue weighted by Gasteiger charge is -2.36. The summed E-state index contributed by atoms with van der Waals surface area (Å²) in [6, 6.07) is 12.0. The first-order valence-electron chi connectivity index (χ1n) is 15.6. The number of carbonyl (C=O) groups excluding carboxylic acids is 4. The average Bonchev–Trinajstić information content (AvgIpc) is 2.94. The molecule has 3 amide bonds. The SMILES string of the molecule is CCCN(C(=O)C(NC(=O)OC(C)(C)C)C(C)CC)C(C(=O)NC(Cc1ccccc1)C(=O)OC(C)(C)C)c1ccc(O)cc1. The molecule has 45 heavy (non-hydrogen) atoms. The number of nitrogens with one attached hydrogen (secondary N) is 2. The minimum atomic E-state index is -1.19. The van der Waals surface area contributed by atoms with Gasteiger partial charge in [-0.3, -0.25) is 9.59 Å². The Morgan fingerprint density at radius 1 is 0.844 bits per heavy atom. The summed E-state index contributed by atoms with van der Waals surface area (Å²) in [4.78, 5) is 56.3. The molecule has 0 fully saturated rings. The number of phenols is 1. The van der Waals surface area contributed by atoms with Gasteiger partial charge in [0.1, 0.15) is 35.1 Å². The molecule has 0 radical (unpaired) electrons. The van der Waals surface area contributed by atoms with Gasteiger partial charge in [-0.1, -0.05) is 69.7 Å². The third kappa shape index (κ3) is 12.1. The second kappa shape index (κ2) is 16.3. The van der Waals surface area contributed by atoms with E-state index in [4.69, 9.17) is 9.47 Å². The maximum atomic E-state index is 14.4. The summed E-state index contributed by atoms with van der Waals surface area (Å²) in [5, 5.41) is 15.6. The molecular weight excluding hydrogens is 574 g/mol. The van der Waals surface area contributed by atoms with Gasteiger partial charge in [-0.25, -0.2) is 9.59 Å². The third-order valence-corrected chi connectivity index (χ3v) is 6.96. The number of benzene rings is 2. The number of rotatable bonds is 13. The van der Waals surface area contributed by atoms with Crippen LogP contribution in [0.3, 0.4) is 0 Å². The molecule has 4 atom stereocenters. The molecule has 248 valence electrons. The Kier molecular flexibility index (Phi) is 13.4. The van der Waals surface area contributed by atoms with E-state index in [2.05, 4.69) is 10.6 Å². The minimum Gasteiger partial charge on any atom is -0.508 e. The third-order valence-electron chi connectivity index (χ3n) is 6.96. The molecule has 0 aliphatic carbocycles. The molecule has 3 N–H and O–H groups in total. The number of hydrogen-bond donors (Lipinski definition) is 3. The van der Waals surface area contributed by atoms with Gasteiger partial charge in [-0.05, 0) is 77.1 Å². The van der Waals surface area contributed by atoms with Gasteiger partial charge in [0.05, 0.1) is 0 Å². The summed E-state index contributed by atoms with van der Waals surface area (Å²) >= 11 is 0. The summed E-state index contributed by atoms with van der Waals surface area (Å²) in [7, 11) is 0. The number of amides is 3. The van der Waals surface area contributed by atoms with Crippen LogP contribution in [0.15, 0.2) is 54.6 Å². The maximum absolute atomic E-state index is 14.4. The van der Waals surface area contributed by atoms with Crippen molar-refractivity contribution in [1.82, 2.24) is 15.5 Å². The van der Waals surface area contributed by atoms with Crippen LogP contribution in [0.2, 0.25) is 0 Å². The second-order valence-electron chi connectivity index (χ2n) is 13.3. The molecule has 0 aliphatic heterocycles. The van der Waals surface area contributed by atoms with Crippen molar-refractivity contribution in [2.75, 3.05) is 6.54 Å². The van der Waals surface area contributed by atoms with E-state index < -0.39 is 53.2 Å². The quantitative estimate of drug-likeness (QED) is 0.244. The number of aromatic hydroxyl groups is 1. The van der Waals surface area contributed by atoms with Crippen molar-refractivity contribution in [3.8, 4) is 5.75 Å². The Bertz CT molecular complexity index is 1270. The molecule has 0 bridgehead atoms. The number of phenolic OH excluding ortho intramolecular Hbond substituents is 1. The van der Waals surface area contributed by atoms with Gasteiger partial charge in [-0.2, -0.15) is 0 Å². The van der Waals surface area contributed by atoms with E-state index in [0.29, 0.717) is 18.4 Å². The van der Waals surface area contributed by atoms with Crippen LogP contribution < -0.4 is 10.6 Å². The lowest BCUT2D eigenvalue weighted by molar-refractivity contribution is -0.159. The Morgan fingerprint density at radius 2 is 1.42 bits per heavy atom. The number of alkyl carbamates (subject to hydrolysis) is 1. The zero-order valence-corrected chi connectivity index (χ0v) is 28.2. The van der Waals surface area contributed by atoms with Gasteiger partial charge in [-0.15, -0.1) is 0 Å². The van der Waals surface area contributed by atoms with Crippen LogP contribution in [-0.4, -0.2) is 63.7 Å². The van der Waals surface area contributed by atoms with Gasteiger partial charge in [0, 0.05) is 13.0 Å². The molecule has 4 unspecified atom stereocenters. The van der Waals surface area contributed by atoms with E-state index >= 15 is 0 Å². The lowest BCUT2D eigenvalue weighted by atomic mass is 9.95. The molecule has 2 rings (SSSR count). The monoisotopic (exact) mass is 625 g/mol. The van der Waals surface area contributed by atoms with Crippen molar-refractivity contribution < 1.29 is 33.8 Å². The standard InChI is InChI=1S/C35H51N3O7/c1-10-21-38(31(41)28(23(3)11-2)37-33(43)45-35(7,8)9)29(25-17-19-26(39)20-18-25)30(40)36-27(32(42)44-34(4,5)6)22-24-15-13-12-14-16-24/h12-20,23,27-29,39H,10-11,21-22H2,1-9H3,(H,36,40)(H,37,43). The first-order chi connectivity index (χ1) is 21.0. The highest BCUT2D eigenvalue weighted by molar-refractivity contribution is 5.94. The number of ether oxygens (including phenoxy) is 2. The molecule has 0 spiro atoms. The van der Waals surface area contributed by atoms with Gasteiger partial charge in [0.15, 0.2) is 0 Å². The van der Waals surface area contributed by atoms with E-state index in [9.17, 15) is 24.3 Å². The molecule has 0 saturated carbocycles. The van der Waals surface area contributed by atoms with E-state index in [1.165, 1.54) is 17.0 Å². The highest BCUT2D eigenvalue weighted by Crippen LogP contribution is 2.27. The molecule has 0 heterocycles. The number of hydrogen-bond acceptors (Lipinski definition) is 7. The number of carbonyl (C=O) groups is 4. The van der Waals surface area contributed by atoms with Crippen LogP contribution in [0, 0.1) is 5.92 Å². The fourth-order valence-corrected chi connectivity index (χ4v) is 4.70. The molecule has 0 saturated heterocycles. The van der Waals surface area contributed by atoms with Gasteiger partial charge < -0.3 is 30.1 Å². The zero-order chi connectivity index (χ0) is 33.9. The summed E-state index contributed by atoms with van der Waals surface area (Å²) in [6.45, 7) is 16.3. The van der Waals surface area contributed by atoms with Crippen LogP contribution in [-0.2, 0) is 30.3 Å². The fraction of sp³-hybridized carbons (Fsp3) is 0.543. The summed E-state index contributed by atoms with van der Waals surface area (Å²) in [6.07, 6.45) is 0.504. The highest BCUT2D eigenvalue weighted by atomic mass is 16.6. The molecule has 0 aliphatic rings. The van der Waals surface area contributed by atoms with Gasteiger partial charge >= 0.3 is 12.1 Å². The van der Waals surface area contributed by atoms with E-state index in [0.717, 1.165) is 5.56 Å². The van der Waals surface area contributed by atoms with Crippen molar-refractivity contribution >= 4 is 23.9 Å². The van der Waals surface area contributed by atoms with Crippen LogP contribution in [0.25, 0.3) is 0 Å². The predicted octanol–water partition coefficient (Wildman–Crippen LogP) is 5.68. The fourth-order valence-electron chi connectivity index (χ4n) is 4.70. The Balaban J connectivity index is 2.58. The van der Waals surface area contributed by atoms with Crippen molar-refractivity contribution in [1.29, 1.82) is 0 Å². The van der Waals surface area contributed by atoms with Crippen molar-refractivity contribution in [2.24, 2.45) is 5.92 Å². The van der Waals surface area contributed by atoms with Crippen molar-refractivity contribution in [3.63, 3.8) is 0 Å². The molecule has 2 aromatic carbocycles. The van der Waals surface area contributed by atoms with Crippen molar-refractivity contribution in [3.05, 3.63) is 65.7 Å². The molecular formula is C35H51N3O7. The zero-order valence-electron chi connectivity index (χ0n) is 28.2. The lowest BCUT2D eigenvalue weighted by Crippen LogP contribution is -2.56. The van der Waals surface area contributed by atoms with Crippen LogP contribution in [0.1, 0.15) is 92.3 Å². The van der Waals surface area contributed by atoms with E-state index in [1.807, 2.05) is 51.1 Å². The van der Waals surface area contributed by atoms with E-state index in [-0.39, 0.29) is 24.6 Å². The van der Waals surface area contributed by atoms with Gasteiger partial charge in [0.25, 0.3) is 0 Å². The molecule has 0 aromatic heterocycles. The topological polar surface area (TPSA) is 134 Å². The van der Waals surface area contributed by atoms with E-state index in [1.54, 1.807) is 53.7 Å². The first kappa shape index (κ1) is 37.1. The Hall–Kier alpha value is -4.08. The summed E-state index contributed by atoms with van der Waals surface area (Å²) in [5.74, 6) is -1.98. The normalized spacial score (nSPS) is 14.3. The molecule has 10 nitrogen and oxygen atoms in total. The summed E-state index contributed by atoms with van der Waals surface area (Å²) in [5.41, 5.74) is -0.335. The molecule has 10 heteroatoms. The highest BCUT2D eigenvalue weighted by Gasteiger charge is 2.39.